The Bertz CT molecular complexity index is 1340. The summed E-state index contributed by atoms with van der Waals surface area (Å²) in [4.78, 5) is 24.5. The number of unbranched alkanes of at least 4 members (excludes halogenated alkanes) is 48. The second kappa shape index (κ2) is 69.3. The molecule has 0 fully saturated rings. The maximum absolute atomic E-state index is 12.5. The van der Waals surface area contributed by atoms with Gasteiger partial charge in [-0.2, -0.15) is 0 Å². The molecule has 1 amide bonds. The highest BCUT2D eigenvalue weighted by atomic mass is 16.5. The third kappa shape index (κ3) is 65.0. The molecule has 470 valence electrons. The van der Waals surface area contributed by atoms with Crippen LogP contribution in [0.5, 0.6) is 0 Å². The number of ether oxygens (including phenoxy) is 1. The summed E-state index contributed by atoms with van der Waals surface area (Å²) >= 11 is 0. The molecule has 6 heteroatoms. The Hall–Kier alpha value is -2.18. The summed E-state index contributed by atoms with van der Waals surface area (Å²) in [5, 5.41) is 23.3. The zero-order valence-corrected chi connectivity index (χ0v) is 53.8. The molecule has 6 nitrogen and oxygen atoms in total. The summed E-state index contributed by atoms with van der Waals surface area (Å²) in [7, 11) is 0. The summed E-state index contributed by atoms with van der Waals surface area (Å²) in [6.07, 6.45) is 90.3. The molecule has 0 aliphatic rings. The van der Waals surface area contributed by atoms with E-state index >= 15 is 0 Å². The fraction of sp³-hybridized carbons (Fsp3) is 0.865. The molecule has 0 aliphatic carbocycles. The summed E-state index contributed by atoms with van der Waals surface area (Å²) < 4.78 is 5.47. The van der Waals surface area contributed by atoms with Crippen LogP contribution in [0.2, 0.25) is 0 Å². The van der Waals surface area contributed by atoms with Gasteiger partial charge in [-0.15, -0.1) is 0 Å². The maximum Gasteiger partial charge on any atom is 0.305 e. The lowest BCUT2D eigenvalue weighted by Crippen LogP contribution is -2.45. The molecule has 0 aromatic rings. The average Bonchev–Trinajstić information content (AvgIpc) is 3.46. The van der Waals surface area contributed by atoms with Gasteiger partial charge in [-0.05, 0) is 83.5 Å². The van der Waals surface area contributed by atoms with Crippen molar-refractivity contribution in [3.05, 3.63) is 48.6 Å². The Morgan fingerprint density at radius 2 is 0.650 bits per heavy atom. The van der Waals surface area contributed by atoms with E-state index in [1.165, 1.54) is 295 Å². The molecular formula is C74H139NO5. The van der Waals surface area contributed by atoms with Crippen molar-refractivity contribution in [3.8, 4) is 0 Å². The van der Waals surface area contributed by atoms with E-state index in [2.05, 4.69) is 67.8 Å². The third-order valence-electron chi connectivity index (χ3n) is 16.6. The Morgan fingerprint density at radius 1 is 0.350 bits per heavy atom. The van der Waals surface area contributed by atoms with Crippen LogP contribution in [0.25, 0.3) is 0 Å². The van der Waals surface area contributed by atoms with Gasteiger partial charge in [0, 0.05) is 12.8 Å². The summed E-state index contributed by atoms with van der Waals surface area (Å²) in [6, 6.07) is -0.540. The number of aliphatic hydroxyl groups excluding tert-OH is 2. The Balaban J connectivity index is 3.37. The Labute approximate surface area is 499 Å². The van der Waals surface area contributed by atoms with Crippen LogP contribution in [0, 0.1) is 0 Å². The topological polar surface area (TPSA) is 95.9 Å². The van der Waals surface area contributed by atoms with Gasteiger partial charge in [-0.3, -0.25) is 9.59 Å². The first-order valence-electron chi connectivity index (χ1n) is 35.9. The van der Waals surface area contributed by atoms with Crippen LogP contribution in [0.15, 0.2) is 48.6 Å². The molecular weight excluding hydrogens is 983 g/mol. The maximum atomic E-state index is 12.5. The molecule has 0 spiro atoms. The molecule has 2 atom stereocenters. The van der Waals surface area contributed by atoms with Crippen molar-refractivity contribution in [1.29, 1.82) is 0 Å². The molecule has 0 heterocycles. The number of amides is 1. The number of rotatable bonds is 67. The SMILES string of the molecule is CCC/C=C\C/C=C\CCCCCCCC(=O)OCCCCCCCCCCCCC/C=C\C/C=C\CCCCCCCCCCCCCCCCCCCC(=O)NC(CO)C(O)CCCCCCCCCCCCCCCCC. The van der Waals surface area contributed by atoms with Crippen LogP contribution in [0.1, 0.15) is 386 Å². The smallest absolute Gasteiger partial charge is 0.305 e. The fourth-order valence-electron chi connectivity index (χ4n) is 11.1. The van der Waals surface area contributed by atoms with Crippen LogP contribution in [-0.4, -0.2) is 47.4 Å². The van der Waals surface area contributed by atoms with Gasteiger partial charge < -0.3 is 20.3 Å². The number of hydrogen-bond donors (Lipinski definition) is 3. The number of aliphatic hydroxyl groups is 2. The molecule has 0 rings (SSSR count). The van der Waals surface area contributed by atoms with Crippen molar-refractivity contribution < 1.29 is 24.5 Å². The molecule has 0 radical (unpaired) electrons. The van der Waals surface area contributed by atoms with Crippen LogP contribution < -0.4 is 5.32 Å². The van der Waals surface area contributed by atoms with Crippen LogP contribution in [-0.2, 0) is 14.3 Å². The predicted octanol–water partition coefficient (Wildman–Crippen LogP) is 23.3. The van der Waals surface area contributed by atoms with E-state index in [1.54, 1.807) is 0 Å². The van der Waals surface area contributed by atoms with E-state index in [1.807, 2.05) is 0 Å². The van der Waals surface area contributed by atoms with E-state index in [4.69, 9.17) is 4.74 Å². The van der Waals surface area contributed by atoms with E-state index in [0.717, 1.165) is 57.8 Å². The lowest BCUT2D eigenvalue weighted by atomic mass is 10.0. The lowest BCUT2D eigenvalue weighted by molar-refractivity contribution is -0.143. The Morgan fingerprint density at radius 3 is 1.00 bits per heavy atom. The lowest BCUT2D eigenvalue weighted by Gasteiger charge is -2.22. The van der Waals surface area contributed by atoms with Gasteiger partial charge in [0.15, 0.2) is 0 Å². The van der Waals surface area contributed by atoms with Gasteiger partial charge in [0.05, 0.1) is 25.4 Å². The molecule has 0 saturated carbocycles. The zero-order valence-electron chi connectivity index (χ0n) is 53.8. The van der Waals surface area contributed by atoms with Gasteiger partial charge in [0.1, 0.15) is 0 Å². The summed E-state index contributed by atoms with van der Waals surface area (Å²) in [5.41, 5.74) is 0. The molecule has 80 heavy (non-hydrogen) atoms. The summed E-state index contributed by atoms with van der Waals surface area (Å²) in [5.74, 6) is -0.0289. The minimum atomic E-state index is -0.663. The van der Waals surface area contributed by atoms with Crippen molar-refractivity contribution in [2.45, 2.75) is 398 Å². The number of hydrogen-bond acceptors (Lipinski definition) is 5. The van der Waals surface area contributed by atoms with E-state index in [9.17, 15) is 19.8 Å². The minimum absolute atomic E-state index is 0.00137. The zero-order chi connectivity index (χ0) is 57.8. The highest BCUT2D eigenvalue weighted by Crippen LogP contribution is 2.19. The highest BCUT2D eigenvalue weighted by molar-refractivity contribution is 5.76. The number of esters is 1. The first-order chi connectivity index (χ1) is 39.5. The second-order valence-electron chi connectivity index (χ2n) is 24.6. The van der Waals surface area contributed by atoms with Crippen molar-refractivity contribution in [2.24, 2.45) is 0 Å². The number of nitrogens with one attached hydrogen (secondary N) is 1. The predicted molar refractivity (Wildman–Crippen MR) is 352 cm³/mol. The number of allylic oxidation sites excluding steroid dienone is 8. The molecule has 0 saturated heterocycles. The van der Waals surface area contributed by atoms with Crippen LogP contribution in [0.4, 0.5) is 0 Å². The van der Waals surface area contributed by atoms with Crippen LogP contribution in [0.3, 0.4) is 0 Å². The molecule has 0 aromatic carbocycles. The Kier molecular flexibility index (Phi) is 67.4. The average molecular weight is 1120 g/mol. The molecule has 3 N–H and O–H groups in total. The molecule has 0 bridgehead atoms. The first-order valence-corrected chi connectivity index (χ1v) is 35.9. The number of carbonyl (C=O) groups is 2. The summed E-state index contributed by atoms with van der Waals surface area (Å²) in [6.45, 7) is 4.91. The monoisotopic (exact) mass is 1120 g/mol. The quantitative estimate of drug-likeness (QED) is 0.0320. The largest absolute Gasteiger partial charge is 0.466 e. The molecule has 2 unspecified atom stereocenters. The van der Waals surface area contributed by atoms with E-state index in [0.29, 0.717) is 25.9 Å². The third-order valence-corrected chi connectivity index (χ3v) is 16.6. The standard InChI is InChI=1S/C74H139NO5/c1-3-5-7-9-11-13-15-17-39-43-46-50-54-58-62-66-72(77)71(70-76)75-73(78)67-63-59-55-51-47-44-40-37-35-33-31-29-27-25-23-21-19-18-20-22-24-26-28-30-32-34-36-38-41-45-49-53-57-61-65-69-80-74(79)68-64-60-56-52-48-42-16-14-12-10-8-6-4-2/h8,10,14,16,20,22,26,28,71-72,76-77H,3-7,9,11-13,15,17-19,21,23-25,27,29-70H2,1-2H3,(H,75,78)/b10-8-,16-14-,22-20-,28-26-. The van der Waals surface area contributed by atoms with E-state index in [-0.39, 0.29) is 18.5 Å². The second-order valence-corrected chi connectivity index (χ2v) is 24.6. The van der Waals surface area contributed by atoms with E-state index < -0.39 is 12.1 Å². The van der Waals surface area contributed by atoms with Crippen LogP contribution >= 0.6 is 0 Å². The van der Waals surface area contributed by atoms with Crippen molar-refractivity contribution in [2.75, 3.05) is 13.2 Å². The van der Waals surface area contributed by atoms with Gasteiger partial charge in [0.2, 0.25) is 5.91 Å². The molecule has 0 aliphatic heterocycles. The van der Waals surface area contributed by atoms with Gasteiger partial charge in [-0.25, -0.2) is 0 Å². The minimum Gasteiger partial charge on any atom is -0.466 e. The van der Waals surface area contributed by atoms with Gasteiger partial charge in [0.25, 0.3) is 0 Å². The van der Waals surface area contributed by atoms with Crippen molar-refractivity contribution in [3.63, 3.8) is 0 Å². The number of carbonyl (C=O) groups excluding carboxylic acids is 2. The highest BCUT2D eigenvalue weighted by Gasteiger charge is 2.20. The first kappa shape index (κ1) is 77.8. The molecule has 0 aromatic heterocycles. The normalized spacial score (nSPS) is 12.8. The van der Waals surface area contributed by atoms with Gasteiger partial charge >= 0.3 is 5.97 Å². The van der Waals surface area contributed by atoms with Crippen molar-refractivity contribution >= 4 is 11.9 Å². The van der Waals surface area contributed by atoms with Gasteiger partial charge in [-0.1, -0.05) is 339 Å². The fourth-order valence-corrected chi connectivity index (χ4v) is 11.1. The van der Waals surface area contributed by atoms with Crippen molar-refractivity contribution in [1.82, 2.24) is 5.32 Å².